The summed E-state index contributed by atoms with van der Waals surface area (Å²) in [6.07, 6.45) is 4.37. The van der Waals surface area contributed by atoms with Crippen LogP contribution in [0.3, 0.4) is 0 Å². The van der Waals surface area contributed by atoms with E-state index in [1.54, 1.807) is 12.1 Å². The van der Waals surface area contributed by atoms with E-state index >= 15 is 0 Å². The van der Waals surface area contributed by atoms with Crippen LogP contribution in [0.25, 0.3) is 0 Å². The molecule has 2 N–H and O–H groups in total. The molecule has 1 amide bonds. The van der Waals surface area contributed by atoms with Crippen LogP contribution in [-0.2, 0) is 11.2 Å². The normalized spacial score (nSPS) is 24.3. The summed E-state index contributed by atoms with van der Waals surface area (Å²) in [5.74, 6) is 0.617. The van der Waals surface area contributed by atoms with Crippen molar-refractivity contribution in [1.29, 1.82) is 0 Å². The molecule has 1 atom stereocenters. The Bertz CT molecular complexity index is 892. The van der Waals surface area contributed by atoms with E-state index in [9.17, 15) is 9.90 Å². The van der Waals surface area contributed by atoms with E-state index in [0.29, 0.717) is 23.2 Å². The summed E-state index contributed by atoms with van der Waals surface area (Å²) in [5.41, 5.74) is 2.87. The standard InChI is InChI=1S/C23H27ClN2O3/c1-25-17-7-9-18(10-8-17)26-22(28)12-15-11-21(29-2)20(27)13-19(15)23(26)14-3-5-16(24)6-4-14/h3-6,11,13,17-18,23,25,27H,7-10,12H2,1-2H3. The number of hydrogen-bond acceptors (Lipinski definition) is 4. The molecular weight excluding hydrogens is 388 g/mol. The quantitative estimate of drug-likeness (QED) is 0.792. The van der Waals surface area contributed by atoms with Crippen LogP contribution in [0.15, 0.2) is 36.4 Å². The highest BCUT2D eigenvalue weighted by Gasteiger charge is 2.39. The maximum absolute atomic E-state index is 13.3. The topological polar surface area (TPSA) is 61.8 Å². The van der Waals surface area contributed by atoms with Gasteiger partial charge >= 0.3 is 0 Å². The Hall–Kier alpha value is -2.24. The van der Waals surface area contributed by atoms with E-state index in [0.717, 1.165) is 42.4 Å². The molecule has 0 spiro atoms. The molecule has 154 valence electrons. The molecule has 5 nitrogen and oxygen atoms in total. The monoisotopic (exact) mass is 414 g/mol. The van der Waals surface area contributed by atoms with Crippen molar-refractivity contribution >= 4 is 17.5 Å². The molecule has 0 radical (unpaired) electrons. The van der Waals surface area contributed by atoms with Gasteiger partial charge in [0.05, 0.1) is 19.6 Å². The second-order valence-electron chi connectivity index (χ2n) is 7.95. The minimum atomic E-state index is -0.239. The fraction of sp³-hybridized carbons (Fsp3) is 0.435. The van der Waals surface area contributed by atoms with Gasteiger partial charge in [-0.05, 0) is 73.7 Å². The number of halogens is 1. The van der Waals surface area contributed by atoms with E-state index in [-0.39, 0.29) is 23.7 Å². The summed E-state index contributed by atoms with van der Waals surface area (Å²) in [6, 6.07) is 11.7. The summed E-state index contributed by atoms with van der Waals surface area (Å²) in [4.78, 5) is 15.4. The number of nitrogens with zero attached hydrogens (tertiary/aromatic N) is 1. The molecule has 1 aliphatic heterocycles. The lowest BCUT2D eigenvalue weighted by atomic mass is 9.82. The van der Waals surface area contributed by atoms with Crippen molar-refractivity contribution in [2.24, 2.45) is 0 Å². The fourth-order valence-electron chi connectivity index (χ4n) is 4.79. The third kappa shape index (κ3) is 3.81. The zero-order chi connectivity index (χ0) is 20.5. The maximum Gasteiger partial charge on any atom is 0.228 e. The van der Waals surface area contributed by atoms with Crippen LogP contribution in [0.5, 0.6) is 11.5 Å². The summed E-state index contributed by atoms with van der Waals surface area (Å²) in [5, 5.41) is 14.5. The third-order valence-corrected chi connectivity index (χ3v) is 6.58. The molecule has 1 heterocycles. The van der Waals surface area contributed by atoms with Gasteiger partial charge in [0.1, 0.15) is 0 Å². The number of carbonyl (C=O) groups excluding carboxylic acids is 1. The molecule has 1 aliphatic carbocycles. The number of phenolic OH excluding ortho intramolecular Hbond substituents is 1. The minimum Gasteiger partial charge on any atom is -0.504 e. The summed E-state index contributed by atoms with van der Waals surface area (Å²) < 4.78 is 5.27. The lowest BCUT2D eigenvalue weighted by molar-refractivity contribution is -0.136. The number of aromatic hydroxyl groups is 1. The molecule has 0 aromatic heterocycles. The molecule has 1 saturated carbocycles. The van der Waals surface area contributed by atoms with Crippen molar-refractivity contribution in [3.05, 3.63) is 58.1 Å². The van der Waals surface area contributed by atoms with Crippen molar-refractivity contribution in [1.82, 2.24) is 10.2 Å². The summed E-state index contributed by atoms with van der Waals surface area (Å²) >= 11 is 6.12. The van der Waals surface area contributed by atoms with Crippen LogP contribution < -0.4 is 10.1 Å². The molecule has 2 aliphatic rings. The van der Waals surface area contributed by atoms with E-state index in [1.165, 1.54) is 7.11 Å². The first kappa shape index (κ1) is 20.0. The van der Waals surface area contributed by atoms with E-state index in [1.807, 2.05) is 36.2 Å². The van der Waals surface area contributed by atoms with Crippen molar-refractivity contribution < 1.29 is 14.6 Å². The molecule has 4 rings (SSSR count). The van der Waals surface area contributed by atoms with Crippen LogP contribution in [0.4, 0.5) is 0 Å². The smallest absolute Gasteiger partial charge is 0.228 e. The summed E-state index contributed by atoms with van der Waals surface area (Å²) in [7, 11) is 3.52. The maximum atomic E-state index is 13.3. The Morgan fingerprint density at radius 2 is 1.83 bits per heavy atom. The van der Waals surface area contributed by atoms with Gasteiger partial charge in [-0.25, -0.2) is 0 Å². The number of methoxy groups -OCH3 is 1. The van der Waals surface area contributed by atoms with Crippen molar-refractivity contribution in [2.75, 3.05) is 14.2 Å². The molecule has 1 unspecified atom stereocenters. The van der Waals surface area contributed by atoms with E-state index in [2.05, 4.69) is 5.32 Å². The van der Waals surface area contributed by atoms with Gasteiger partial charge in [0, 0.05) is 17.1 Å². The van der Waals surface area contributed by atoms with Crippen molar-refractivity contribution in [3.63, 3.8) is 0 Å². The second-order valence-corrected chi connectivity index (χ2v) is 8.39. The molecule has 0 saturated heterocycles. The molecule has 29 heavy (non-hydrogen) atoms. The highest BCUT2D eigenvalue weighted by molar-refractivity contribution is 6.30. The lowest BCUT2D eigenvalue weighted by Crippen LogP contribution is -2.49. The molecule has 0 bridgehead atoms. The van der Waals surface area contributed by atoms with Crippen molar-refractivity contribution in [2.45, 2.75) is 50.2 Å². The number of phenols is 1. The van der Waals surface area contributed by atoms with E-state index in [4.69, 9.17) is 16.3 Å². The van der Waals surface area contributed by atoms with Gasteiger partial charge in [-0.3, -0.25) is 4.79 Å². The van der Waals surface area contributed by atoms with Gasteiger partial charge in [0.15, 0.2) is 11.5 Å². The molecular formula is C23H27ClN2O3. The largest absolute Gasteiger partial charge is 0.504 e. The van der Waals surface area contributed by atoms with Crippen molar-refractivity contribution in [3.8, 4) is 11.5 Å². The number of ether oxygens (including phenoxy) is 1. The number of nitrogens with one attached hydrogen (secondary N) is 1. The number of benzene rings is 2. The van der Waals surface area contributed by atoms with Gasteiger partial charge in [0.2, 0.25) is 5.91 Å². The lowest BCUT2D eigenvalue weighted by Gasteiger charge is -2.45. The molecule has 6 heteroatoms. The average molecular weight is 415 g/mol. The van der Waals surface area contributed by atoms with Crippen LogP contribution in [0, 0.1) is 0 Å². The average Bonchev–Trinajstić information content (AvgIpc) is 2.73. The summed E-state index contributed by atoms with van der Waals surface area (Å²) in [6.45, 7) is 0. The fourth-order valence-corrected chi connectivity index (χ4v) is 4.91. The minimum absolute atomic E-state index is 0.0957. The Morgan fingerprint density at radius 1 is 1.14 bits per heavy atom. The number of carbonyl (C=O) groups is 1. The number of fused-ring (bicyclic) bond motifs is 1. The molecule has 2 aromatic rings. The Labute approximate surface area is 176 Å². The Kier molecular flexibility index (Phi) is 5.70. The first-order valence-electron chi connectivity index (χ1n) is 10.2. The second kappa shape index (κ2) is 8.25. The zero-order valence-corrected chi connectivity index (χ0v) is 17.6. The SMILES string of the molecule is CNC1CCC(N2C(=O)Cc3cc(OC)c(O)cc3C2c2ccc(Cl)cc2)CC1. The van der Waals surface area contributed by atoms with Crippen LogP contribution in [0.2, 0.25) is 5.02 Å². The van der Waals surface area contributed by atoms with E-state index < -0.39 is 0 Å². The number of amides is 1. The first-order chi connectivity index (χ1) is 14.0. The Balaban J connectivity index is 1.78. The number of rotatable bonds is 4. The van der Waals surface area contributed by atoms with Gasteiger partial charge in [-0.2, -0.15) is 0 Å². The van der Waals surface area contributed by atoms with Gasteiger partial charge in [0.25, 0.3) is 0 Å². The van der Waals surface area contributed by atoms with Crippen LogP contribution >= 0.6 is 11.6 Å². The predicted molar refractivity (Wildman–Crippen MR) is 114 cm³/mol. The number of hydrogen-bond donors (Lipinski definition) is 2. The third-order valence-electron chi connectivity index (χ3n) is 6.33. The first-order valence-corrected chi connectivity index (χ1v) is 10.5. The van der Waals surface area contributed by atoms with Gasteiger partial charge in [-0.1, -0.05) is 23.7 Å². The molecule has 1 fully saturated rings. The van der Waals surface area contributed by atoms with Crippen LogP contribution in [-0.4, -0.2) is 42.2 Å². The highest BCUT2D eigenvalue weighted by atomic mass is 35.5. The zero-order valence-electron chi connectivity index (χ0n) is 16.8. The Morgan fingerprint density at radius 3 is 2.45 bits per heavy atom. The van der Waals surface area contributed by atoms with Gasteiger partial charge in [-0.15, -0.1) is 0 Å². The highest BCUT2D eigenvalue weighted by Crippen LogP contribution is 2.43. The predicted octanol–water partition coefficient (Wildman–Crippen LogP) is 4.06. The van der Waals surface area contributed by atoms with Crippen LogP contribution in [0.1, 0.15) is 48.4 Å². The molecule has 2 aromatic carbocycles. The van der Waals surface area contributed by atoms with Gasteiger partial charge < -0.3 is 20.1 Å².